The zero-order valence-corrected chi connectivity index (χ0v) is 8.69. The van der Waals surface area contributed by atoms with Gasteiger partial charge in [0.1, 0.15) is 6.10 Å². The lowest BCUT2D eigenvalue weighted by Crippen LogP contribution is -2.13. The summed E-state index contributed by atoms with van der Waals surface area (Å²) in [5.74, 6) is 0.154. The fourth-order valence-electron chi connectivity index (χ4n) is 1.46. The number of carbonyl (C=O) groups is 1. The van der Waals surface area contributed by atoms with Crippen molar-refractivity contribution in [3.05, 3.63) is 35.9 Å². The van der Waals surface area contributed by atoms with Gasteiger partial charge in [-0.05, 0) is 12.0 Å². The Kier molecular flexibility index (Phi) is 4.33. The van der Waals surface area contributed by atoms with E-state index < -0.39 is 6.10 Å². The Bertz CT molecular complexity index is 280. The summed E-state index contributed by atoms with van der Waals surface area (Å²) in [6.45, 7) is 2.00. The van der Waals surface area contributed by atoms with E-state index >= 15 is 0 Å². The van der Waals surface area contributed by atoms with Gasteiger partial charge in [0.25, 0.3) is 0 Å². The summed E-state index contributed by atoms with van der Waals surface area (Å²) in [4.78, 5) is 11.6. The molecule has 0 aliphatic heterocycles. The van der Waals surface area contributed by atoms with Crippen molar-refractivity contribution >= 4 is 5.78 Å². The zero-order chi connectivity index (χ0) is 10.4. The van der Waals surface area contributed by atoms with Gasteiger partial charge >= 0.3 is 0 Å². The molecule has 0 N–H and O–H groups in total. The Hall–Kier alpha value is -1.15. The topological polar surface area (TPSA) is 26.3 Å². The molecule has 1 unspecified atom stereocenters. The summed E-state index contributed by atoms with van der Waals surface area (Å²) in [5.41, 5.74) is 0.938. The number of hydrogen-bond donors (Lipinski definition) is 0. The molecule has 0 radical (unpaired) electrons. The third-order valence-electron chi connectivity index (χ3n) is 2.13. The van der Waals surface area contributed by atoms with Crippen molar-refractivity contribution in [1.82, 2.24) is 0 Å². The maximum absolute atomic E-state index is 11.6. The third-order valence-corrected chi connectivity index (χ3v) is 2.13. The average molecular weight is 192 g/mol. The van der Waals surface area contributed by atoms with Gasteiger partial charge in [0.15, 0.2) is 5.78 Å². The molecule has 1 rings (SSSR count). The van der Waals surface area contributed by atoms with Crippen molar-refractivity contribution in [3.8, 4) is 0 Å². The lowest BCUT2D eigenvalue weighted by Gasteiger charge is -2.13. The number of benzene rings is 1. The van der Waals surface area contributed by atoms with Crippen LogP contribution in [0.4, 0.5) is 0 Å². The number of methoxy groups -OCH3 is 1. The second kappa shape index (κ2) is 5.55. The number of hydrogen-bond acceptors (Lipinski definition) is 2. The Labute approximate surface area is 84.9 Å². The minimum absolute atomic E-state index is 0.154. The second-order valence-corrected chi connectivity index (χ2v) is 3.24. The second-order valence-electron chi connectivity index (χ2n) is 3.24. The first-order valence-corrected chi connectivity index (χ1v) is 4.90. The first kappa shape index (κ1) is 10.9. The minimum Gasteiger partial charge on any atom is -0.369 e. The molecule has 0 amide bonds. The van der Waals surface area contributed by atoms with Crippen molar-refractivity contribution < 1.29 is 9.53 Å². The smallest absolute Gasteiger partial charge is 0.166 e. The van der Waals surface area contributed by atoms with Crippen LogP contribution < -0.4 is 0 Å². The molecule has 0 saturated carbocycles. The molecule has 0 aromatic heterocycles. The zero-order valence-electron chi connectivity index (χ0n) is 8.69. The quantitative estimate of drug-likeness (QED) is 0.717. The van der Waals surface area contributed by atoms with Crippen LogP contribution in [0.1, 0.15) is 31.4 Å². The van der Waals surface area contributed by atoms with E-state index in [0.717, 1.165) is 12.0 Å². The monoisotopic (exact) mass is 192 g/mol. The maximum atomic E-state index is 11.6. The van der Waals surface area contributed by atoms with E-state index in [1.165, 1.54) is 0 Å². The van der Waals surface area contributed by atoms with Gasteiger partial charge in [0.05, 0.1) is 0 Å². The van der Waals surface area contributed by atoms with Crippen molar-refractivity contribution in [1.29, 1.82) is 0 Å². The van der Waals surface area contributed by atoms with Crippen LogP contribution in [0.15, 0.2) is 30.3 Å². The highest BCUT2D eigenvalue weighted by atomic mass is 16.5. The van der Waals surface area contributed by atoms with E-state index in [1.807, 2.05) is 37.3 Å². The van der Waals surface area contributed by atoms with Crippen LogP contribution >= 0.6 is 0 Å². The molecule has 2 heteroatoms. The molecule has 0 saturated heterocycles. The van der Waals surface area contributed by atoms with Crippen molar-refractivity contribution in [2.24, 2.45) is 0 Å². The Morgan fingerprint density at radius 3 is 2.50 bits per heavy atom. The Morgan fingerprint density at radius 2 is 2.00 bits per heavy atom. The van der Waals surface area contributed by atoms with Gasteiger partial charge in [-0.1, -0.05) is 37.3 Å². The number of ketones is 1. The SMILES string of the molecule is CCCC(=O)C(OC)c1ccccc1. The summed E-state index contributed by atoms with van der Waals surface area (Å²) in [6.07, 6.45) is 1.05. The molecule has 0 fully saturated rings. The first-order valence-electron chi connectivity index (χ1n) is 4.90. The molecule has 2 nitrogen and oxygen atoms in total. The molecule has 76 valence electrons. The largest absolute Gasteiger partial charge is 0.369 e. The van der Waals surface area contributed by atoms with Crippen LogP contribution in [-0.4, -0.2) is 12.9 Å². The van der Waals surface area contributed by atoms with Crippen LogP contribution in [0.3, 0.4) is 0 Å². The number of ether oxygens (including phenoxy) is 1. The molecule has 14 heavy (non-hydrogen) atoms. The summed E-state index contributed by atoms with van der Waals surface area (Å²) in [5, 5.41) is 0. The van der Waals surface area contributed by atoms with E-state index in [-0.39, 0.29) is 5.78 Å². The van der Waals surface area contributed by atoms with Gasteiger partial charge in [-0.2, -0.15) is 0 Å². The first-order chi connectivity index (χ1) is 6.79. The molecule has 0 aliphatic rings. The van der Waals surface area contributed by atoms with Gasteiger partial charge in [0.2, 0.25) is 0 Å². The van der Waals surface area contributed by atoms with Gasteiger partial charge in [0, 0.05) is 13.5 Å². The van der Waals surface area contributed by atoms with Gasteiger partial charge in [-0.25, -0.2) is 0 Å². The minimum atomic E-state index is -0.392. The number of rotatable bonds is 5. The molecule has 1 aromatic rings. The summed E-state index contributed by atoms with van der Waals surface area (Å²) >= 11 is 0. The van der Waals surface area contributed by atoms with Crippen LogP contribution in [0, 0.1) is 0 Å². The lowest BCUT2D eigenvalue weighted by molar-refractivity contribution is -0.129. The number of carbonyl (C=O) groups excluding carboxylic acids is 1. The van der Waals surface area contributed by atoms with Gasteiger partial charge in [-0.3, -0.25) is 4.79 Å². The molecule has 0 spiro atoms. The Balaban J connectivity index is 2.77. The fraction of sp³-hybridized carbons (Fsp3) is 0.417. The average Bonchev–Trinajstić information content (AvgIpc) is 2.21. The third kappa shape index (κ3) is 2.67. The molecule has 0 aliphatic carbocycles. The lowest BCUT2D eigenvalue weighted by atomic mass is 10.0. The standard InChI is InChI=1S/C12H16O2/c1-3-7-11(13)12(14-2)10-8-5-4-6-9-10/h4-6,8-9,12H,3,7H2,1-2H3. The highest BCUT2D eigenvalue weighted by Gasteiger charge is 2.17. The van der Waals surface area contributed by atoms with Crippen LogP contribution in [0.2, 0.25) is 0 Å². The van der Waals surface area contributed by atoms with E-state index in [9.17, 15) is 4.79 Å². The Morgan fingerprint density at radius 1 is 1.36 bits per heavy atom. The molecule has 0 heterocycles. The van der Waals surface area contributed by atoms with Crippen LogP contribution in [0.5, 0.6) is 0 Å². The van der Waals surface area contributed by atoms with E-state index in [0.29, 0.717) is 6.42 Å². The van der Waals surface area contributed by atoms with Crippen molar-refractivity contribution in [2.45, 2.75) is 25.9 Å². The van der Waals surface area contributed by atoms with Crippen molar-refractivity contribution in [2.75, 3.05) is 7.11 Å². The highest BCUT2D eigenvalue weighted by Crippen LogP contribution is 2.19. The molecule has 1 aromatic carbocycles. The summed E-state index contributed by atoms with van der Waals surface area (Å²) < 4.78 is 5.20. The van der Waals surface area contributed by atoms with Crippen LogP contribution in [0.25, 0.3) is 0 Å². The van der Waals surface area contributed by atoms with Crippen LogP contribution in [-0.2, 0) is 9.53 Å². The van der Waals surface area contributed by atoms with E-state index in [4.69, 9.17) is 4.74 Å². The van der Waals surface area contributed by atoms with Gasteiger partial charge in [-0.15, -0.1) is 0 Å². The summed E-state index contributed by atoms with van der Waals surface area (Å²) in [7, 11) is 1.57. The predicted octanol–water partition coefficient (Wildman–Crippen LogP) is 2.74. The fourth-order valence-corrected chi connectivity index (χ4v) is 1.46. The number of Topliss-reactive ketones (excluding diaryl/α,β-unsaturated/α-hetero) is 1. The van der Waals surface area contributed by atoms with Crippen molar-refractivity contribution in [3.63, 3.8) is 0 Å². The maximum Gasteiger partial charge on any atom is 0.166 e. The molecule has 0 bridgehead atoms. The molecular weight excluding hydrogens is 176 g/mol. The highest BCUT2D eigenvalue weighted by molar-refractivity contribution is 5.84. The molecule has 1 atom stereocenters. The summed E-state index contributed by atoms with van der Waals surface area (Å²) in [6, 6.07) is 9.60. The van der Waals surface area contributed by atoms with E-state index in [1.54, 1.807) is 7.11 Å². The molecular formula is C12H16O2. The predicted molar refractivity (Wildman–Crippen MR) is 56.1 cm³/mol. The van der Waals surface area contributed by atoms with Gasteiger partial charge < -0.3 is 4.74 Å². The van der Waals surface area contributed by atoms with E-state index in [2.05, 4.69) is 0 Å². The normalized spacial score (nSPS) is 12.4.